The van der Waals surface area contributed by atoms with E-state index in [1.807, 2.05) is 0 Å². The Morgan fingerprint density at radius 3 is 1.23 bits per heavy atom. The van der Waals surface area contributed by atoms with Gasteiger partial charge in [0.25, 0.3) is 0 Å². The third kappa shape index (κ3) is 5.69. The highest BCUT2D eigenvalue weighted by Crippen LogP contribution is 2.45. The van der Waals surface area contributed by atoms with Gasteiger partial charge in [-0.1, -0.05) is 34.9 Å². The molecule has 3 heteroatoms. The van der Waals surface area contributed by atoms with Crippen molar-refractivity contribution in [1.82, 2.24) is 0 Å². The van der Waals surface area contributed by atoms with E-state index in [0.29, 0.717) is 11.5 Å². The molecule has 0 spiro atoms. The third-order valence-electron chi connectivity index (χ3n) is 4.26. The molecule has 1 aromatic carbocycles. The minimum Gasteiger partial charge on any atom is -0.502 e. The lowest BCUT2D eigenvalue weighted by atomic mass is 9.90. The van der Waals surface area contributed by atoms with Crippen molar-refractivity contribution in [2.75, 3.05) is 14.2 Å². The zero-order valence-corrected chi connectivity index (χ0v) is 17.6. The van der Waals surface area contributed by atoms with Crippen LogP contribution in [0.5, 0.6) is 17.2 Å². The number of rotatable bonds is 8. The van der Waals surface area contributed by atoms with Crippen LogP contribution in [-0.4, -0.2) is 19.3 Å². The number of ether oxygens (including phenoxy) is 2. The first-order valence-corrected chi connectivity index (χ1v) is 9.10. The zero-order valence-electron chi connectivity index (χ0n) is 17.6. The molecule has 0 heterocycles. The number of hydrogen-bond donors (Lipinski definition) is 1. The average molecular weight is 359 g/mol. The monoisotopic (exact) mass is 358 g/mol. The van der Waals surface area contributed by atoms with Crippen molar-refractivity contribution in [3.8, 4) is 17.2 Å². The lowest BCUT2D eigenvalue weighted by molar-refractivity contribution is 0.334. The molecular weight excluding hydrogens is 324 g/mol. The highest BCUT2D eigenvalue weighted by Gasteiger charge is 2.23. The Balaban J connectivity index is 3.78. The molecule has 0 aliphatic heterocycles. The fourth-order valence-electron chi connectivity index (χ4n) is 2.88. The molecule has 0 radical (unpaired) electrons. The van der Waals surface area contributed by atoms with E-state index >= 15 is 0 Å². The smallest absolute Gasteiger partial charge is 0.201 e. The maximum atomic E-state index is 10.8. The van der Waals surface area contributed by atoms with Gasteiger partial charge in [0.1, 0.15) is 0 Å². The van der Waals surface area contributed by atoms with Crippen LogP contribution in [0.25, 0.3) is 0 Å². The number of hydrogen-bond acceptors (Lipinski definition) is 3. The quantitative estimate of drug-likeness (QED) is 0.585. The first kappa shape index (κ1) is 21.9. The molecule has 3 nitrogen and oxygen atoms in total. The van der Waals surface area contributed by atoms with Crippen LogP contribution in [0.1, 0.15) is 58.2 Å². The summed E-state index contributed by atoms with van der Waals surface area (Å²) in [6.07, 6.45) is 8.77. The van der Waals surface area contributed by atoms with Crippen molar-refractivity contribution < 1.29 is 14.6 Å². The summed E-state index contributed by atoms with van der Waals surface area (Å²) in [4.78, 5) is 0. The number of aromatic hydroxyl groups is 1. The van der Waals surface area contributed by atoms with Crippen molar-refractivity contribution in [3.05, 3.63) is 51.6 Å². The molecule has 0 unspecified atom stereocenters. The molecule has 0 atom stereocenters. The minimum absolute atomic E-state index is 0.0882. The number of methoxy groups -OCH3 is 2. The Morgan fingerprint density at radius 2 is 0.962 bits per heavy atom. The predicted molar refractivity (Wildman–Crippen MR) is 111 cm³/mol. The van der Waals surface area contributed by atoms with Crippen LogP contribution in [0.2, 0.25) is 0 Å². The van der Waals surface area contributed by atoms with Crippen molar-refractivity contribution in [1.29, 1.82) is 0 Å². The lowest BCUT2D eigenvalue weighted by Gasteiger charge is -2.21. The average Bonchev–Trinajstić information content (AvgIpc) is 2.56. The molecule has 0 amide bonds. The maximum absolute atomic E-state index is 10.8. The van der Waals surface area contributed by atoms with Gasteiger partial charge in [-0.05, 0) is 66.4 Å². The zero-order chi connectivity index (χ0) is 19.9. The van der Waals surface area contributed by atoms with E-state index in [2.05, 4.69) is 59.8 Å². The topological polar surface area (TPSA) is 38.7 Å². The Bertz CT molecular complexity index is 660. The first-order valence-electron chi connectivity index (χ1n) is 9.10. The molecule has 0 saturated heterocycles. The van der Waals surface area contributed by atoms with Crippen molar-refractivity contribution >= 4 is 0 Å². The van der Waals surface area contributed by atoms with Gasteiger partial charge < -0.3 is 14.6 Å². The van der Waals surface area contributed by atoms with E-state index in [9.17, 15) is 5.11 Å². The Labute approximate surface area is 159 Å². The second kappa shape index (κ2) is 10.1. The van der Waals surface area contributed by atoms with Gasteiger partial charge in [0, 0.05) is 11.1 Å². The van der Waals surface area contributed by atoms with Gasteiger partial charge in [-0.3, -0.25) is 0 Å². The van der Waals surface area contributed by atoms with E-state index in [0.717, 1.165) is 30.4 Å². The SMILES string of the molecule is COc1c(O)c(OC)c(CC=C(C)C)c(CC=C(C)C)c1CC=C(C)C. The largest absolute Gasteiger partial charge is 0.502 e. The van der Waals surface area contributed by atoms with Gasteiger partial charge in [-0.2, -0.15) is 0 Å². The van der Waals surface area contributed by atoms with Crippen LogP contribution in [0.3, 0.4) is 0 Å². The molecule has 0 aliphatic carbocycles. The van der Waals surface area contributed by atoms with Gasteiger partial charge >= 0.3 is 0 Å². The van der Waals surface area contributed by atoms with Crippen LogP contribution >= 0.6 is 0 Å². The second-order valence-electron chi connectivity index (χ2n) is 7.31. The summed E-state index contributed by atoms with van der Waals surface area (Å²) < 4.78 is 11.2. The molecule has 0 aliphatic rings. The molecule has 1 N–H and O–H groups in total. The van der Waals surface area contributed by atoms with E-state index in [1.165, 1.54) is 22.3 Å². The highest BCUT2D eigenvalue weighted by atomic mass is 16.5. The molecule has 0 saturated carbocycles. The Morgan fingerprint density at radius 1 is 0.654 bits per heavy atom. The lowest BCUT2D eigenvalue weighted by Crippen LogP contribution is -2.06. The normalized spacial score (nSPS) is 10.2. The van der Waals surface area contributed by atoms with Gasteiger partial charge in [-0.15, -0.1) is 0 Å². The molecule has 0 aromatic heterocycles. The maximum Gasteiger partial charge on any atom is 0.201 e. The summed E-state index contributed by atoms with van der Waals surface area (Å²) in [6.45, 7) is 12.5. The van der Waals surface area contributed by atoms with Crippen LogP contribution in [0, 0.1) is 0 Å². The Hall–Kier alpha value is -2.16. The van der Waals surface area contributed by atoms with Crippen molar-refractivity contribution in [3.63, 3.8) is 0 Å². The first-order chi connectivity index (χ1) is 12.2. The predicted octanol–water partition coefficient (Wildman–Crippen LogP) is 5.94. The number of benzene rings is 1. The number of phenolic OH excluding ortho intramolecular Hbond substituents is 1. The molecule has 1 aromatic rings. The van der Waals surface area contributed by atoms with Crippen LogP contribution < -0.4 is 9.47 Å². The summed E-state index contributed by atoms with van der Waals surface area (Å²) in [5.74, 6) is 1.11. The summed E-state index contributed by atoms with van der Waals surface area (Å²) in [5.41, 5.74) is 6.97. The molecular formula is C23H34O3. The highest BCUT2D eigenvalue weighted by molar-refractivity contribution is 5.64. The van der Waals surface area contributed by atoms with E-state index < -0.39 is 0 Å². The number of allylic oxidation sites excluding steroid dienone is 6. The van der Waals surface area contributed by atoms with Crippen LogP contribution in [0.4, 0.5) is 0 Å². The number of phenols is 1. The summed E-state index contributed by atoms with van der Waals surface area (Å²) in [5, 5.41) is 10.8. The third-order valence-corrected chi connectivity index (χ3v) is 4.26. The summed E-state index contributed by atoms with van der Waals surface area (Å²) in [6, 6.07) is 0. The van der Waals surface area contributed by atoms with Gasteiger partial charge in [0.15, 0.2) is 11.5 Å². The second-order valence-corrected chi connectivity index (χ2v) is 7.31. The Kier molecular flexibility index (Phi) is 8.50. The van der Waals surface area contributed by atoms with Crippen molar-refractivity contribution in [2.24, 2.45) is 0 Å². The van der Waals surface area contributed by atoms with Crippen molar-refractivity contribution in [2.45, 2.75) is 60.8 Å². The molecule has 26 heavy (non-hydrogen) atoms. The van der Waals surface area contributed by atoms with E-state index in [4.69, 9.17) is 9.47 Å². The van der Waals surface area contributed by atoms with Gasteiger partial charge in [0.05, 0.1) is 14.2 Å². The molecule has 0 fully saturated rings. The fraction of sp³-hybridized carbons (Fsp3) is 0.478. The van der Waals surface area contributed by atoms with E-state index in [1.54, 1.807) is 14.2 Å². The fourth-order valence-corrected chi connectivity index (χ4v) is 2.88. The van der Waals surface area contributed by atoms with Crippen LogP contribution in [-0.2, 0) is 19.3 Å². The molecule has 1 rings (SSSR count). The van der Waals surface area contributed by atoms with E-state index in [-0.39, 0.29) is 5.75 Å². The molecule has 0 bridgehead atoms. The van der Waals surface area contributed by atoms with Gasteiger partial charge in [0.2, 0.25) is 5.75 Å². The van der Waals surface area contributed by atoms with Crippen LogP contribution in [0.15, 0.2) is 34.9 Å². The minimum atomic E-state index is 0.0882. The van der Waals surface area contributed by atoms with Gasteiger partial charge in [-0.25, -0.2) is 0 Å². The standard InChI is InChI=1S/C23H34O3/c1-15(2)9-12-18-19(13-10-16(3)4)22(25-7)21(24)23(26-8)20(18)14-11-17(5)6/h9-11,24H,12-14H2,1-8H3. The summed E-state index contributed by atoms with van der Waals surface area (Å²) in [7, 11) is 3.20. The summed E-state index contributed by atoms with van der Waals surface area (Å²) >= 11 is 0. The molecule has 144 valence electrons.